The molecule has 0 saturated heterocycles. The van der Waals surface area contributed by atoms with Crippen molar-refractivity contribution in [2.45, 2.75) is 245 Å². The molecule has 1 unspecified atom stereocenters. The molecule has 1 atom stereocenters. The topological polar surface area (TPSA) is 63.6 Å². The maximum atomic E-state index is 12.2. The van der Waals surface area contributed by atoms with Crippen LogP contribution >= 0.6 is 0 Å². The zero-order valence-electron chi connectivity index (χ0n) is 31.2. The van der Waals surface area contributed by atoms with Crippen molar-refractivity contribution in [3.05, 3.63) is 12.2 Å². The molecule has 0 bridgehead atoms. The number of carbonyl (C=O) groups is 2. The molecule has 46 heavy (non-hydrogen) atoms. The van der Waals surface area contributed by atoms with Gasteiger partial charge in [-0.2, -0.15) is 0 Å². The zero-order valence-corrected chi connectivity index (χ0v) is 31.2. The molecule has 4 nitrogen and oxygen atoms in total. The summed E-state index contributed by atoms with van der Waals surface area (Å²) in [4.78, 5) is 23.8. The Morgan fingerprint density at radius 3 is 1.11 bits per heavy atom. The lowest BCUT2D eigenvalue weighted by Gasteiger charge is -2.13. The first-order chi connectivity index (χ1) is 22.6. The van der Waals surface area contributed by atoms with E-state index in [4.69, 9.17) is 4.74 Å². The number of ether oxygens (including phenoxy) is 1. The van der Waals surface area contributed by atoms with Crippen LogP contribution in [-0.4, -0.2) is 23.1 Å². The normalized spacial score (nSPS) is 12.2. The molecule has 0 amide bonds. The van der Waals surface area contributed by atoms with Gasteiger partial charge < -0.3 is 9.84 Å². The van der Waals surface area contributed by atoms with Gasteiger partial charge in [0.15, 0.2) is 6.10 Å². The molecule has 1 N–H and O–H groups in total. The summed E-state index contributed by atoms with van der Waals surface area (Å²) in [5.41, 5.74) is 0. The molecule has 272 valence electrons. The maximum absolute atomic E-state index is 12.2. The van der Waals surface area contributed by atoms with Crippen LogP contribution in [0, 0.1) is 0 Å². The van der Waals surface area contributed by atoms with Crippen molar-refractivity contribution in [2.75, 3.05) is 0 Å². The molecule has 0 aliphatic heterocycles. The summed E-state index contributed by atoms with van der Waals surface area (Å²) in [6, 6.07) is 0. The Morgan fingerprint density at radius 2 is 0.761 bits per heavy atom. The molecular weight excluding hydrogens is 568 g/mol. The van der Waals surface area contributed by atoms with Crippen LogP contribution in [-0.2, 0) is 14.3 Å². The molecule has 0 aromatic rings. The Morgan fingerprint density at radius 1 is 0.457 bits per heavy atom. The average molecular weight is 649 g/mol. The fourth-order valence-corrected chi connectivity index (χ4v) is 6.38. The number of hydrogen-bond donors (Lipinski definition) is 1. The van der Waals surface area contributed by atoms with Gasteiger partial charge in [0.2, 0.25) is 0 Å². The molecule has 0 aromatic carbocycles. The minimum Gasteiger partial charge on any atom is -0.479 e. The number of hydrogen-bond acceptors (Lipinski definition) is 3. The molecule has 0 saturated carbocycles. The van der Waals surface area contributed by atoms with Gasteiger partial charge in [0.1, 0.15) is 0 Å². The van der Waals surface area contributed by atoms with E-state index in [-0.39, 0.29) is 5.97 Å². The molecule has 0 heterocycles. The van der Waals surface area contributed by atoms with Crippen LogP contribution in [0.25, 0.3) is 0 Å². The van der Waals surface area contributed by atoms with E-state index in [0.29, 0.717) is 12.8 Å². The zero-order chi connectivity index (χ0) is 33.6. The number of aliphatic carboxylic acids is 1. The highest BCUT2D eigenvalue weighted by Gasteiger charge is 2.21. The van der Waals surface area contributed by atoms with Crippen LogP contribution in [0.1, 0.15) is 239 Å². The SMILES string of the molecule is CCCCCCCC/C=C\CCCCCCCCCC(=O)OC(CCCCCCCCCCCCCCCCCCCC)C(=O)O. The predicted molar refractivity (Wildman–Crippen MR) is 200 cm³/mol. The van der Waals surface area contributed by atoms with E-state index in [9.17, 15) is 14.7 Å². The van der Waals surface area contributed by atoms with Gasteiger partial charge >= 0.3 is 11.9 Å². The Hall–Kier alpha value is -1.32. The lowest BCUT2D eigenvalue weighted by Crippen LogP contribution is -2.27. The van der Waals surface area contributed by atoms with Gasteiger partial charge in [-0.1, -0.05) is 199 Å². The molecule has 0 aliphatic rings. The summed E-state index contributed by atoms with van der Waals surface area (Å²) in [6.45, 7) is 4.55. The van der Waals surface area contributed by atoms with Gasteiger partial charge in [-0.05, 0) is 44.9 Å². The molecule has 0 aliphatic carbocycles. The number of allylic oxidation sites excluding steroid dienone is 2. The Kier molecular flexibility index (Phi) is 37.0. The third kappa shape index (κ3) is 35.5. The van der Waals surface area contributed by atoms with Crippen LogP contribution < -0.4 is 0 Å². The van der Waals surface area contributed by atoms with Crippen molar-refractivity contribution in [1.29, 1.82) is 0 Å². The third-order valence-corrected chi connectivity index (χ3v) is 9.51. The van der Waals surface area contributed by atoms with Crippen molar-refractivity contribution in [3.8, 4) is 0 Å². The van der Waals surface area contributed by atoms with Crippen molar-refractivity contribution in [2.24, 2.45) is 0 Å². The smallest absolute Gasteiger partial charge is 0.345 e. The van der Waals surface area contributed by atoms with Gasteiger partial charge in [0, 0.05) is 6.42 Å². The predicted octanol–water partition coefficient (Wildman–Crippen LogP) is 14.2. The quantitative estimate of drug-likeness (QED) is 0.0411. The van der Waals surface area contributed by atoms with Crippen molar-refractivity contribution >= 4 is 11.9 Å². The minimum absolute atomic E-state index is 0.340. The first-order valence-corrected chi connectivity index (χ1v) is 20.7. The molecule has 0 spiro atoms. The number of carboxylic acids is 1. The Balaban J connectivity index is 3.51. The highest BCUT2D eigenvalue weighted by molar-refractivity contribution is 5.77. The molecule has 0 fully saturated rings. The summed E-state index contributed by atoms with van der Waals surface area (Å²) >= 11 is 0. The maximum Gasteiger partial charge on any atom is 0.345 e. The second kappa shape index (κ2) is 38.1. The number of unbranched alkanes of at least 4 members (excludes halogenated alkanes) is 30. The standard InChI is InChI=1S/C42H80O4/c1-3-5-7-9-11-13-15-17-19-21-23-24-26-28-30-32-34-36-38-40(42(44)45)46-41(43)39-37-35-33-31-29-27-25-22-20-18-16-14-12-10-8-6-4-2/h18,20,40H,3-17,19,21-39H2,1-2H3,(H,44,45)/b20-18-. The number of carboxylic acid groups (broad SMARTS) is 1. The van der Waals surface area contributed by atoms with E-state index in [2.05, 4.69) is 26.0 Å². The number of rotatable bonds is 38. The first kappa shape index (κ1) is 44.7. The summed E-state index contributed by atoms with van der Waals surface area (Å²) < 4.78 is 5.33. The van der Waals surface area contributed by atoms with Crippen molar-refractivity contribution in [1.82, 2.24) is 0 Å². The summed E-state index contributed by atoms with van der Waals surface area (Å²) in [6.07, 6.45) is 46.8. The molecule has 0 aromatic heterocycles. The van der Waals surface area contributed by atoms with E-state index < -0.39 is 12.1 Å². The van der Waals surface area contributed by atoms with Crippen molar-refractivity contribution < 1.29 is 19.4 Å². The lowest BCUT2D eigenvalue weighted by atomic mass is 10.0. The van der Waals surface area contributed by atoms with Crippen LogP contribution in [0.5, 0.6) is 0 Å². The molecule has 0 rings (SSSR count). The minimum atomic E-state index is -1.00. The third-order valence-electron chi connectivity index (χ3n) is 9.51. The average Bonchev–Trinajstić information content (AvgIpc) is 3.05. The largest absolute Gasteiger partial charge is 0.479 e. The second-order valence-electron chi connectivity index (χ2n) is 14.2. The van der Waals surface area contributed by atoms with Crippen LogP contribution in [0.4, 0.5) is 0 Å². The van der Waals surface area contributed by atoms with Gasteiger partial charge in [-0.15, -0.1) is 0 Å². The molecule has 0 radical (unpaired) electrons. The fourth-order valence-electron chi connectivity index (χ4n) is 6.38. The van der Waals surface area contributed by atoms with Crippen LogP contribution in [0.3, 0.4) is 0 Å². The lowest BCUT2D eigenvalue weighted by molar-refractivity contribution is -0.164. The summed E-state index contributed by atoms with van der Waals surface area (Å²) in [5.74, 6) is -1.35. The summed E-state index contributed by atoms with van der Waals surface area (Å²) in [5, 5.41) is 9.50. The highest BCUT2D eigenvalue weighted by atomic mass is 16.6. The van der Waals surface area contributed by atoms with Gasteiger partial charge in [-0.25, -0.2) is 4.79 Å². The first-order valence-electron chi connectivity index (χ1n) is 20.7. The van der Waals surface area contributed by atoms with Gasteiger partial charge in [-0.3, -0.25) is 4.79 Å². The Bertz CT molecular complexity index is 658. The van der Waals surface area contributed by atoms with Crippen LogP contribution in [0.2, 0.25) is 0 Å². The highest BCUT2D eigenvalue weighted by Crippen LogP contribution is 2.17. The molecule has 4 heteroatoms. The number of esters is 1. The van der Waals surface area contributed by atoms with E-state index in [1.165, 1.54) is 173 Å². The molecular formula is C42H80O4. The van der Waals surface area contributed by atoms with E-state index in [1.54, 1.807) is 0 Å². The Labute approximate surface area is 287 Å². The van der Waals surface area contributed by atoms with E-state index in [1.807, 2.05) is 0 Å². The van der Waals surface area contributed by atoms with E-state index in [0.717, 1.165) is 38.5 Å². The number of carbonyl (C=O) groups excluding carboxylic acids is 1. The van der Waals surface area contributed by atoms with Gasteiger partial charge in [0.05, 0.1) is 0 Å². The van der Waals surface area contributed by atoms with Crippen molar-refractivity contribution in [3.63, 3.8) is 0 Å². The monoisotopic (exact) mass is 649 g/mol. The summed E-state index contributed by atoms with van der Waals surface area (Å²) in [7, 11) is 0. The van der Waals surface area contributed by atoms with Crippen LogP contribution in [0.15, 0.2) is 12.2 Å². The van der Waals surface area contributed by atoms with E-state index >= 15 is 0 Å². The van der Waals surface area contributed by atoms with Gasteiger partial charge in [0.25, 0.3) is 0 Å². The second-order valence-corrected chi connectivity index (χ2v) is 14.2. The fraction of sp³-hybridized carbons (Fsp3) is 0.905.